The number of carbonyl (C=O) groups excluding carboxylic acids is 1. The molecule has 1 aliphatic rings. The zero-order valence-corrected chi connectivity index (χ0v) is 11.2. The molecule has 1 aromatic rings. The van der Waals surface area contributed by atoms with E-state index in [1.807, 2.05) is 0 Å². The van der Waals surface area contributed by atoms with Crippen LogP contribution >= 0.6 is 0 Å². The number of halogens is 1. The van der Waals surface area contributed by atoms with Crippen molar-refractivity contribution < 1.29 is 9.18 Å². The van der Waals surface area contributed by atoms with Gasteiger partial charge < -0.3 is 11.1 Å². The molecule has 0 aliphatic heterocycles. The molecule has 1 heterocycles. The Bertz CT molecular complexity index is 426. The second-order valence-corrected chi connectivity index (χ2v) is 5.35. The maximum atomic E-state index is 13.0. The average molecular weight is 268 g/mol. The summed E-state index contributed by atoms with van der Waals surface area (Å²) in [5, 5.41) is 6.71. The number of hydrogen-bond acceptors (Lipinski definition) is 3. The highest BCUT2D eigenvalue weighted by Crippen LogP contribution is 2.29. The number of carbonyl (C=O) groups is 1. The van der Waals surface area contributed by atoms with E-state index < -0.39 is 12.2 Å². The quantitative estimate of drug-likeness (QED) is 0.871. The Morgan fingerprint density at radius 1 is 1.58 bits per heavy atom. The molecule has 5 nitrogen and oxygen atoms in total. The Kier molecular flexibility index (Phi) is 4.52. The third-order valence-electron chi connectivity index (χ3n) is 3.67. The monoisotopic (exact) mass is 268 g/mol. The summed E-state index contributed by atoms with van der Waals surface area (Å²) < 4.78 is 14.6. The van der Waals surface area contributed by atoms with Crippen LogP contribution in [-0.2, 0) is 11.8 Å². The minimum absolute atomic E-state index is 0.199. The smallest absolute Gasteiger partial charge is 0.241 e. The van der Waals surface area contributed by atoms with E-state index in [0.717, 1.165) is 12.8 Å². The van der Waals surface area contributed by atoms with E-state index >= 15 is 0 Å². The van der Waals surface area contributed by atoms with Gasteiger partial charge in [-0.2, -0.15) is 5.10 Å². The number of nitrogens with one attached hydrogen (secondary N) is 1. The van der Waals surface area contributed by atoms with Crippen molar-refractivity contribution in [1.82, 2.24) is 9.78 Å². The number of aryl methyl sites for hydroxylation is 1. The lowest BCUT2D eigenvalue weighted by molar-refractivity contribution is -0.117. The first-order valence-corrected chi connectivity index (χ1v) is 6.73. The number of aromatic nitrogens is 2. The second kappa shape index (κ2) is 6.14. The SMILES string of the molecule is Cn1cc(NC(=O)[C@@H](N)CC2CCC(F)CC2)cn1. The maximum Gasteiger partial charge on any atom is 0.241 e. The number of hydrogen-bond donors (Lipinski definition) is 2. The molecule has 0 bridgehead atoms. The second-order valence-electron chi connectivity index (χ2n) is 5.35. The van der Waals surface area contributed by atoms with Crippen LogP contribution in [0.5, 0.6) is 0 Å². The predicted octanol–water partition coefficient (Wildman–Crippen LogP) is 1.60. The van der Waals surface area contributed by atoms with Gasteiger partial charge in [-0.25, -0.2) is 4.39 Å². The van der Waals surface area contributed by atoms with Crippen LogP contribution in [0.15, 0.2) is 12.4 Å². The van der Waals surface area contributed by atoms with Crippen LogP contribution in [0.2, 0.25) is 0 Å². The lowest BCUT2D eigenvalue weighted by Gasteiger charge is -2.26. The predicted molar refractivity (Wildman–Crippen MR) is 71.3 cm³/mol. The number of alkyl halides is 1. The minimum atomic E-state index is -0.670. The molecule has 1 aliphatic carbocycles. The van der Waals surface area contributed by atoms with Crippen LogP contribution in [-0.4, -0.2) is 27.9 Å². The Hall–Kier alpha value is -1.43. The molecule has 0 radical (unpaired) electrons. The van der Waals surface area contributed by atoms with E-state index in [-0.39, 0.29) is 5.91 Å². The molecule has 1 fully saturated rings. The molecule has 0 unspecified atom stereocenters. The highest BCUT2D eigenvalue weighted by Gasteiger charge is 2.25. The summed E-state index contributed by atoms with van der Waals surface area (Å²) in [5.41, 5.74) is 6.55. The van der Waals surface area contributed by atoms with Crippen LogP contribution < -0.4 is 11.1 Å². The van der Waals surface area contributed by atoms with Crippen LogP contribution in [0.3, 0.4) is 0 Å². The third kappa shape index (κ3) is 4.02. The van der Waals surface area contributed by atoms with Gasteiger partial charge in [0.05, 0.1) is 17.9 Å². The van der Waals surface area contributed by atoms with Crippen molar-refractivity contribution in [2.45, 2.75) is 44.3 Å². The summed E-state index contributed by atoms with van der Waals surface area (Å²) >= 11 is 0. The van der Waals surface area contributed by atoms with Crippen molar-refractivity contribution in [1.29, 1.82) is 0 Å². The van der Waals surface area contributed by atoms with Crippen molar-refractivity contribution in [2.24, 2.45) is 18.7 Å². The Morgan fingerprint density at radius 3 is 2.84 bits per heavy atom. The molecule has 0 spiro atoms. The third-order valence-corrected chi connectivity index (χ3v) is 3.67. The molecule has 3 N–H and O–H groups in total. The fourth-order valence-electron chi connectivity index (χ4n) is 2.54. The average Bonchev–Trinajstić information content (AvgIpc) is 2.77. The highest BCUT2D eigenvalue weighted by atomic mass is 19.1. The summed E-state index contributed by atoms with van der Waals surface area (Å²) in [6, 6.07) is -0.540. The van der Waals surface area contributed by atoms with E-state index in [4.69, 9.17) is 5.73 Å². The molecule has 0 aromatic carbocycles. The van der Waals surface area contributed by atoms with Gasteiger partial charge in [-0.3, -0.25) is 9.48 Å². The van der Waals surface area contributed by atoms with Gasteiger partial charge in [-0.05, 0) is 38.0 Å². The first kappa shape index (κ1) is 14.0. The van der Waals surface area contributed by atoms with Gasteiger partial charge in [0.1, 0.15) is 6.17 Å². The number of nitrogens with zero attached hydrogens (tertiary/aromatic N) is 2. The van der Waals surface area contributed by atoms with Gasteiger partial charge in [0, 0.05) is 13.2 Å². The first-order valence-electron chi connectivity index (χ1n) is 6.73. The van der Waals surface area contributed by atoms with Gasteiger partial charge in [0.2, 0.25) is 5.91 Å². The standard InChI is InChI=1S/C13H21FN4O/c1-18-8-11(7-16-18)17-13(19)12(15)6-9-2-4-10(14)5-3-9/h7-10,12H,2-6,15H2,1H3,(H,17,19)/t9?,10?,12-/m0/s1. The van der Waals surface area contributed by atoms with Crippen molar-refractivity contribution in [3.63, 3.8) is 0 Å². The van der Waals surface area contributed by atoms with Crippen LogP contribution in [0, 0.1) is 5.92 Å². The minimum Gasteiger partial charge on any atom is -0.322 e. The van der Waals surface area contributed by atoms with E-state index in [1.54, 1.807) is 24.1 Å². The van der Waals surface area contributed by atoms with E-state index in [0.29, 0.717) is 30.9 Å². The number of anilines is 1. The highest BCUT2D eigenvalue weighted by molar-refractivity contribution is 5.94. The van der Waals surface area contributed by atoms with Crippen molar-refractivity contribution in [3.8, 4) is 0 Å². The number of rotatable bonds is 4. The lowest BCUT2D eigenvalue weighted by Crippen LogP contribution is -2.38. The lowest BCUT2D eigenvalue weighted by atomic mass is 9.84. The number of amides is 1. The summed E-state index contributed by atoms with van der Waals surface area (Å²) in [7, 11) is 1.78. The van der Waals surface area contributed by atoms with Crippen LogP contribution in [0.25, 0.3) is 0 Å². The number of nitrogens with two attached hydrogens (primary N) is 1. The summed E-state index contributed by atoms with van der Waals surface area (Å²) in [6.45, 7) is 0. The van der Waals surface area contributed by atoms with Crippen molar-refractivity contribution >= 4 is 11.6 Å². The Labute approximate surface area is 112 Å². The molecular weight excluding hydrogens is 247 g/mol. The molecular formula is C13H21FN4O. The summed E-state index contributed by atoms with van der Waals surface area (Å²) in [5.74, 6) is 0.164. The Balaban J connectivity index is 1.79. The maximum absolute atomic E-state index is 13.0. The first-order chi connectivity index (χ1) is 9.04. The fourth-order valence-corrected chi connectivity index (χ4v) is 2.54. The molecule has 106 valence electrons. The normalized spacial score (nSPS) is 25.0. The van der Waals surface area contributed by atoms with E-state index in [1.165, 1.54) is 0 Å². The van der Waals surface area contributed by atoms with Gasteiger partial charge in [0.25, 0.3) is 0 Å². The molecule has 2 rings (SSSR count). The summed E-state index contributed by atoms with van der Waals surface area (Å²) in [4.78, 5) is 11.9. The zero-order chi connectivity index (χ0) is 13.8. The largest absolute Gasteiger partial charge is 0.322 e. The molecule has 0 saturated heterocycles. The van der Waals surface area contributed by atoms with Gasteiger partial charge in [0.15, 0.2) is 0 Å². The molecule has 6 heteroatoms. The van der Waals surface area contributed by atoms with Gasteiger partial charge in [-0.1, -0.05) is 0 Å². The van der Waals surface area contributed by atoms with E-state index in [2.05, 4.69) is 10.4 Å². The van der Waals surface area contributed by atoms with E-state index in [9.17, 15) is 9.18 Å². The molecule has 1 amide bonds. The molecule has 1 atom stereocenters. The summed E-state index contributed by atoms with van der Waals surface area (Å²) in [6.07, 6.45) is 6.11. The zero-order valence-electron chi connectivity index (χ0n) is 11.2. The molecule has 19 heavy (non-hydrogen) atoms. The van der Waals surface area contributed by atoms with Crippen molar-refractivity contribution in [3.05, 3.63) is 12.4 Å². The van der Waals surface area contributed by atoms with Gasteiger partial charge >= 0.3 is 0 Å². The Morgan fingerprint density at radius 2 is 2.26 bits per heavy atom. The van der Waals surface area contributed by atoms with Gasteiger partial charge in [-0.15, -0.1) is 0 Å². The topological polar surface area (TPSA) is 72.9 Å². The van der Waals surface area contributed by atoms with Crippen molar-refractivity contribution in [2.75, 3.05) is 5.32 Å². The molecule has 1 aromatic heterocycles. The van der Waals surface area contributed by atoms with Crippen LogP contribution in [0.1, 0.15) is 32.1 Å². The van der Waals surface area contributed by atoms with Crippen LogP contribution in [0.4, 0.5) is 10.1 Å². The fraction of sp³-hybridized carbons (Fsp3) is 0.692. The molecule has 1 saturated carbocycles.